The smallest absolute Gasteiger partial charge is 0.332 e. The van der Waals surface area contributed by atoms with Gasteiger partial charge < -0.3 is 33.7 Å². The molecular formula is C31H47N5O8S. The first-order valence-corrected chi connectivity index (χ1v) is 16.1. The van der Waals surface area contributed by atoms with Crippen molar-refractivity contribution in [1.29, 1.82) is 0 Å². The van der Waals surface area contributed by atoms with E-state index in [1.807, 2.05) is 61.5 Å². The molecule has 250 valence electrons. The Balaban J connectivity index is 1.42. The van der Waals surface area contributed by atoms with Crippen LogP contribution in [0.1, 0.15) is 52.8 Å². The summed E-state index contributed by atoms with van der Waals surface area (Å²) in [5, 5.41) is 11.3. The van der Waals surface area contributed by atoms with E-state index in [0.29, 0.717) is 79.4 Å². The minimum atomic E-state index is -1.38. The molecule has 0 fully saturated rings. The number of aromatic nitrogens is 4. The number of hydrogen-bond donors (Lipinski definition) is 2. The number of aromatic amines is 1. The fourth-order valence-electron chi connectivity index (χ4n) is 3.87. The van der Waals surface area contributed by atoms with Crippen molar-refractivity contribution in [3.05, 3.63) is 29.7 Å². The summed E-state index contributed by atoms with van der Waals surface area (Å²) < 4.78 is 46.1. The Hall–Kier alpha value is -3.17. The predicted octanol–water partition coefficient (Wildman–Crippen LogP) is 4.41. The van der Waals surface area contributed by atoms with E-state index in [1.54, 1.807) is 6.07 Å². The normalized spacial score (nSPS) is 12.8. The van der Waals surface area contributed by atoms with Crippen LogP contribution in [-0.2, 0) is 39.3 Å². The van der Waals surface area contributed by atoms with Gasteiger partial charge in [-0.15, -0.1) is 0 Å². The third-order valence-corrected chi connectivity index (χ3v) is 8.02. The maximum Gasteiger partial charge on any atom is 0.332 e. The number of hydrogen-bond acceptors (Lipinski definition) is 12. The van der Waals surface area contributed by atoms with Crippen molar-refractivity contribution in [2.24, 2.45) is 0 Å². The highest BCUT2D eigenvalue weighted by molar-refractivity contribution is 7.86. The van der Waals surface area contributed by atoms with E-state index in [9.17, 15) is 9.00 Å². The lowest BCUT2D eigenvalue weighted by Gasteiger charge is -2.21. The first-order valence-electron chi connectivity index (χ1n) is 14.9. The minimum absolute atomic E-state index is 0.103. The second kappa shape index (κ2) is 16.9. The highest BCUT2D eigenvalue weighted by Crippen LogP contribution is 2.35. The molecule has 0 aliphatic heterocycles. The Bertz CT molecular complexity index is 1420. The van der Waals surface area contributed by atoms with Gasteiger partial charge in [0.25, 0.3) is 0 Å². The Morgan fingerprint density at radius 3 is 2.00 bits per heavy atom. The molecule has 0 bridgehead atoms. The third-order valence-electron chi connectivity index (χ3n) is 6.19. The van der Waals surface area contributed by atoms with Crippen LogP contribution in [0.2, 0.25) is 0 Å². The van der Waals surface area contributed by atoms with Gasteiger partial charge in [0.2, 0.25) is 0 Å². The van der Waals surface area contributed by atoms with E-state index in [4.69, 9.17) is 28.4 Å². The van der Waals surface area contributed by atoms with Gasteiger partial charge in [-0.25, -0.2) is 14.8 Å². The van der Waals surface area contributed by atoms with Crippen LogP contribution in [0.25, 0.3) is 10.9 Å². The van der Waals surface area contributed by atoms with Gasteiger partial charge in [-0.3, -0.25) is 9.31 Å². The lowest BCUT2D eigenvalue weighted by molar-refractivity contribution is -0.160. The largest absolute Gasteiger partial charge is 0.490 e. The van der Waals surface area contributed by atoms with E-state index < -0.39 is 27.1 Å². The molecule has 2 aromatic heterocycles. The average Bonchev–Trinajstić information content (AvgIpc) is 3.27. The summed E-state index contributed by atoms with van der Waals surface area (Å²) in [5.41, 5.74) is 2.06. The highest BCUT2D eigenvalue weighted by Gasteiger charge is 2.26. The standard InChI is InChI=1S/C31H47N5O8S/c1-21-22(2)35-36-28(21)34-29-23-17-26(45(38)31(6,7)8)25(18-24(23)32-20-33-29)43-16-15-41-12-11-39-9-10-40-13-14-42-19-27(37)44-30(3,4)5/h17-18,20H,9-16,19H2,1-8H3,(H2,32,33,34,35,36). The highest BCUT2D eigenvalue weighted by atomic mass is 32.2. The first-order chi connectivity index (χ1) is 21.3. The van der Waals surface area contributed by atoms with E-state index >= 15 is 0 Å². The molecule has 0 aliphatic carbocycles. The molecule has 45 heavy (non-hydrogen) atoms. The minimum Gasteiger partial charge on any atom is -0.490 e. The van der Waals surface area contributed by atoms with Gasteiger partial charge in [-0.2, -0.15) is 5.10 Å². The zero-order valence-corrected chi connectivity index (χ0v) is 28.4. The van der Waals surface area contributed by atoms with Gasteiger partial charge in [-0.05, 0) is 61.5 Å². The number of esters is 1. The van der Waals surface area contributed by atoms with Crippen molar-refractivity contribution in [2.75, 3.05) is 64.8 Å². The summed E-state index contributed by atoms with van der Waals surface area (Å²) in [6.07, 6.45) is 1.47. The van der Waals surface area contributed by atoms with Crippen LogP contribution in [0, 0.1) is 13.8 Å². The van der Waals surface area contributed by atoms with Gasteiger partial charge in [0, 0.05) is 27.5 Å². The number of ether oxygens (including phenoxy) is 6. The number of aryl methyl sites for hydroxylation is 1. The average molecular weight is 650 g/mol. The zero-order valence-electron chi connectivity index (χ0n) is 27.6. The number of H-pyrrole nitrogens is 1. The number of carbonyl (C=O) groups is 1. The molecule has 0 saturated carbocycles. The summed E-state index contributed by atoms with van der Waals surface area (Å²) in [5.74, 6) is 1.32. The number of nitrogens with one attached hydrogen (secondary N) is 2. The SMILES string of the molecule is Cc1[nH]nc(Nc2ncnc3cc(OCCOCCOCCOCCOCC(=O)OC(C)(C)C)c(S(=O)C(C)(C)C)cc23)c1C. The molecule has 0 spiro atoms. The molecule has 14 heteroatoms. The molecule has 0 saturated heterocycles. The van der Waals surface area contributed by atoms with Crippen LogP contribution in [0.5, 0.6) is 5.75 Å². The molecule has 1 unspecified atom stereocenters. The van der Waals surface area contributed by atoms with Crippen molar-refractivity contribution in [3.63, 3.8) is 0 Å². The number of carbonyl (C=O) groups excluding carboxylic acids is 1. The quantitative estimate of drug-likeness (QED) is 0.148. The monoisotopic (exact) mass is 649 g/mol. The number of rotatable bonds is 18. The van der Waals surface area contributed by atoms with Gasteiger partial charge in [0.15, 0.2) is 5.82 Å². The van der Waals surface area contributed by atoms with Crippen LogP contribution in [0.3, 0.4) is 0 Å². The molecule has 0 aliphatic rings. The number of nitrogens with zero attached hydrogens (tertiary/aromatic N) is 3. The summed E-state index contributed by atoms with van der Waals surface area (Å²) in [7, 11) is -1.38. The van der Waals surface area contributed by atoms with E-state index in [-0.39, 0.29) is 13.2 Å². The maximum atomic E-state index is 13.5. The Labute approximate surface area is 267 Å². The van der Waals surface area contributed by atoms with Crippen LogP contribution in [0.15, 0.2) is 23.4 Å². The van der Waals surface area contributed by atoms with Gasteiger partial charge >= 0.3 is 5.97 Å². The zero-order chi connectivity index (χ0) is 33.0. The van der Waals surface area contributed by atoms with Crippen LogP contribution < -0.4 is 10.1 Å². The lowest BCUT2D eigenvalue weighted by atomic mass is 10.2. The Morgan fingerprint density at radius 1 is 0.844 bits per heavy atom. The summed E-state index contributed by atoms with van der Waals surface area (Å²) >= 11 is 0. The molecule has 2 N–H and O–H groups in total. The van der Waals surface area contributed by atoms with Gasteiger partial charge in [0.1, 0.15) is 36.7 Å². The third kappa shape index (κ3) is 11.9. The summed E-state index contributed by atoms with van der Waals surface area (Å²) in [6, 6.07) is 3.61. The molecule has 1 atom stereocenters. The second-order valence-electron chi connectivity index (χ2n) is 12.2. The number of anilines is 2. The van der Waals surface area contributed by atoms with E-state index in [0.717, 1.165) is 11.3 Å². The van der Waals surface area contributed by atoms with Crippen molar-refractivity contribution < 1.29 is 37.4 Å². The molecule has 2 heterocycles. The van der Waals surface area contributed by atoms with Crippen LogP contribution in [0.4, 0.5) is 11.6 Å². The summed E-state index contributed by atoms with van der Waals surface area (Å²) in [6.45, 7) is 17.8. The van der Waals surface area contributed by atoms with E-state index in [2.05, 4.69) is 25.5 Å². The topological polar surface area (TPSA) is 156 Å². The number of fused-ring (bicyclic) bond motifs is 1. The van der Waals surface area contributed by atoms with Gasteiger partial charge in [0.05, 0.1) is 67.5 Å². The molecule has 13 nitrogen and oxygen atoms in total. The second-order valence-corrected chi connectivity index (χ2v) is 14.4. The Kier molecular flexibility index (Phi) is 13.7. The molecule has 3 aromatic rings. The lowest BCUT2D eigenvalue weighted by Crippen LogP contribution is -2.27. The fourth-order valence-corrected chi connectivity index (χ4v) is 5.05. The van der Waals surface area contributed by atoms with E-state index in [1.165, 1.54) is 6.33 Å². The van der Waals surface area contributed by atoms with Crippen molar-refractivity contribution in [3.8, 4) is 5.75 Å². The van der Waals surface area contributed by atoms with Gasteiger partial charge in [-0.1, -0.05) is 0 Å². The van der Waals surface area contributed by atoms with Crippen molar-refractivity contribution >= 4 is 39.3 Å². The van der Waals surface area contributed by atoms with Crippen LogP contribution >= 0.6 is 0 Å². The Morgan fingerprint density at radius 2 is 1.44 bits per heavy atom. The molecule has 0 amide bonds. The first kappa shape index (κ1) is 36.3. The van der Waals surface area contributed by atoms with Crippen LogP contribution in [-0.4, -0.2) is 100 Å². The van der Waals surface area contributed by atoms with Crippen molar-refractivity contribution in [2.45, 2.75) is 70.6 Å². The molecule has 3 rings (SSSR count). The number of benzene rings is 1. The maximum absolute atomic E-state index is 13.5. The summed E-state index contributed by atoms with van der Waals surface area (Å²) in [4.78, 5) is 21.0. The predicted molar refractivity (Wildman–Crippen MR) is 172 cm³/mol. The molecular weight excluding hydrogens is 602 g/mol. The molecule has 0 radical (unpaired) electrons. The van der Waals surface area contributed by atoms with Crippen molar-refractivity contribution in [1.82, 2.24) is 20.2 Å². The molecule has 1 aromatic carbocycles. The fraction of sp³-hybridized carbons (Fsp3) is 0.613.